The van der Waals surface area contributed by atoms with Crippen molar-refractivity contribution >= 4 is 23.4 Å². The van der Waals surface area contributed by atoms with Crippen LogP contribution in [0.4, 0.5) is 4.39 Å². The van der Waals surface area contributed by atoms with Gasteiger partial charge >= 0.3 is 0 Å². The molecule has 2 amide bonds. The van der Waals surface area contributed by atoms with Gasteiger partial charge in [-0.15, -0.1) is 5.92 Å². The van der Waals surface area contributed by atoms with Gasteiger partial charge in [0.25, 0.3) is 5.91 Å². The van der Waals surface area contributed by atoms with E-state index < -0.39 is 29.8 Å². The Hall–Kier alpha value is -2.10. The molecule has 0 aliphatic heterocycles. The molecule has 22 heavy (non-hydrogen) atoms. The van der Waals surface area contributed by atoms with Crippen molar-refractivity contribution in [2.75, 3.05) is 6.54 Å². The molecule has 0 bridgehead atoms. The molecule has 0 spiro atoms. The molecule has 0 aliphatic rings. The molecule has 1 aromatic carbocycles. The van der Waals surface area contributed by atoms with Crippen LogP contribution in [-0.2, 0) is 4.79 Å². The third-order valence-electron chi connectivity index (χ3n) is 2.75. The van der Waals surface area contributed by atoms with Gasteiger partial charge in [0.15, 0.2) is 0 Å². The van der Waals surface area contributed by atoms with E-state index in [1.54, 1.807) is 6.92 Å². The van der Waals surface area contributed by atoms with Crippen LogP contribution in [0.25, 0.3) is 0 Å². The second kappa shape index (κ2) is 8.37. The second-order valence-electron chi connectivity index (χ2n) is 4.46. The first-order chi connectivity index (χ1) is 10.4. The van der Waals surface area contributed by atoms with E-state index in [1.807, 2.05) is 0 Å². The zero-order chi connectivity index (χ0) is 16.7. The maximum atomic E-state index is 13.6. The summed E-state index contributed by atoms with van der Waals surface area (Å²) in [6.07, 6.45) is -1.17. The Kier molecular flexibility index (Phi) is 6.83. The fourth-order valence-electron chi connectivity index (χ4n) is 1.63. The van der Waals surface area contributed by atoms with Gasteiger partial charge in [0, 0.05) is 5.02 Å². The van der Waals surface area contributed by atoms with Gasteiger partial charge in [-0.05, 0) is 32.0 Å². The highest BCUT2D eigenvalue weighted by molar-refractivity contribution is 6.31. The van der Waals surface area contributed by atoms with Gasteiger partial charge in [0.05, 0.1) is 18.2 Å². The highest BCUT2D eigenvalue weighted by Gasteiger charge is 2.26. The number of halogens is 2. The molecule has 3 N–H and O–H groups in total. The lowest BCUT2D eigenvalue weighted by Gasteiger charge is -2.20. The molecule has 2 atom stereocenters. The maximum absolute atomic E-state index is 13.6. The van der Waals surface area contributed by atoms with Crippen molar-refractivity contribution in [3.05, 3.63) is 34.6 Å². The molecule has 7 heteroatoms. The number of aliphatic hydroxyl groups excluding tert-OH is 1. The summed E-state index contributed by atoms with van der Waals surface area (Å²) in [5.41, 5.74) is -0.306. The fraction of sp³-hybridized carbons (Fsp3) is 0.333. The van der Waals surface area contributed by atoms with E-state index in [4.69, 9.17) is 11.6 Å². The zero-order valence-electron chi connectivity index (χ0n) is 12.1. The SMILES string of the molecule is CC#CCNC(=O)C(NC(=O)c1cc(Cl)ccc1F)C(C)O. The van der Waals surface area contributed by atoms with Crippen LogP contribution in [0.3, 0.4) is 0 Å². The highest BCUT2D eigenvalue weighted by atomic mass is 35.5. The van der Waals surface area contributed by atoms with Gasteiger partial charge in [-0.3, -0.25) is 9.59 Å². The summed E-state index contributed by atoms with van der Waals surface area (Å²) in [5.74, 6) is 2.98. The zero-order valence-corrected chi connectivity index (χ0v) is 12.9. The molecule has 0 aromatic heterocycles. The molecule has 1 aromatic rings. The van der Waals surface area contributed by atoms with E-state index in [0.717, 1.165) is 12.1 Å². The first-order valence-electron chi connectivity index (χ1n) is 6.48. The van der Waals surface area contributed by atoms with Crippen LogP contribution in [0.2, 0.25) is 5.02 Å². The summed E-state index contributed by atoms with van der Waals surface area (Å²) >= 11 is 5.72. The molecule has 0 radical (unpaired) electrons. The first kappa shape index (κ1) is 18.0. The molecule has 1 rings (SSSR count). The van der Waals surface area contributed by atoms with Crippen molar-refractivity contribution in [2.45, 2.75) is 26.0 Å². The van der Waals surface area contributed by atoms with Crippen molar-refractivity contribution < 1.29 is 19.1 Å². The Bertz CT molecular complexity index is 623. The monoisotopic (exact) mass is 326 g/mol. The fourth-order valence-corrected chi connectivity index (χ4v) is 1.80. The summed E-state index contributed by atoms with van der Waals surface area (Å²) in [4.78, 5) is 23.9. The number of benzene rings is 1. The van der Waals surface area contributed by atoms with E-state index in [0.29, 0.717) is 0 Å². The Morgan fingerprint density at radius 2 is 2.14 bits per heavy atom. The van der Waals surface area contributed by atoms with Crippen LogP contribution in [0.15, 0.2) is 18.2 Å². The van der Waals surface area contributed by atoms with Crippen molar-refractivity contribution in [1.82, 2.24) is 10.6 Å². The Morgan fingerprint density at radius 1 is 1.45 bits per heavy atom. The minimum absolute atomic E-state index is 0.0833. The average molecular weight is 327 g/mol. The normalized spacial score (nSPS) is 12.6. The van der Waals surface area contributed by atoms with Gasteiger partial charge < -0.3 is 15.7 Å². The minimum Gasteiger partial charge on any atom is -0.391 e. The topological polar surface area (TPSA) is 78.4 Å². The van der Waals surface area contributed by atoms with Crippen LogP contribution < -0.4 is 10.6 Å². The summed E-state index contributed by atoms with van der Waals surface area (Å²) in [6, 6.07) is 2.26. The van der Waals surface area contributed by atoms with E-state index in [-0.39, 0.29) is 17.1 Å². The van der Waals surface area contributed by atoms with E-state index >= 15 is 0 Å². The number of nitrogens with one attached hydrogen (secondary N) is 2. The third-order valence-corrected chi connectivity index (χ3v) is 2.99. The van der Waals surface area contributed by atoms with E-state index in [2.05, 4.69) is 22.5 Å². The Morgan fingerprint density at radius 3 is 2.73 bits per heavy atom. The van der Waals surface area contributed by atoms with Gasteiger partial charge in [0.1, 0.15) is 11.9 Å². The largest absolute Gasteiger partial charge is 0.391 e. The molecule has 0 aliphatic carbocycles. The van der Waals surface area contributed by atoms with Crippen LogP contribution >= 0.6 is 11.6 Å². The lowest BCUT2D eigenvalue weighted by molar-refractivity contribution is -0.125. The number of carbonyl (C=O) groups excluding carboxylic acids is 2. The molecular weight excluding hydrogens is 311 g/mol. The molecule has 0 fully saturated rings. The predicted molar refractivity (Wildman–Crippen MR) is 80.8 cm³/mol. The maximum Gasteiger partial charge on any atom is 0.255 e. The number of amides is 2. The predicted octanol–water partition coefficient (Wildman–Crippen LogP) is 1.10. The summed E-state index contributed by atoms with van der Waals surface area (Å²) in [6.45, 7) is 3.03. The van der Waals surface area contributed by atoms with Gasteiger partial charge in [-0.1, -0.05) is 17.5 Å². The average Bonchev–Trinajstić information content (AvgIpc) is 2.46. The number of hydrogen-bond donors (Lipinski definition) is 3. The highest BCUT2D eigenvalue weighted by Crippen LogP contribution is 2.15. The Labute approximate surface area is 132 Å². The van der Waals surface area contributed by atoms with Gasteiger partial charge in [-0.2, -0.15) is 0 Å². The van der Waals surface area contributed by atoms with Gasteiger partial charge in [0.2, 0.25) is 5.91 Å². The molecule has 118 valence electrons. The van der Waals surface area contributed by atoms with Crippen LogP contribution in [-0.4, -0.2) is 35.6 Å². The van der Waals surface area contributed by atoms with E-state index in [9.17, 15) is 19.1 Å². The molecule has 0 heterocycles. The first-order valence-corrected chi connectivity index (χ1v) is 6.86. The molecule has 2 unspecified atom stereocenters. The van der Waals surface area contributed by atoms with Crippen LogP contribution in [0, 0.1) is 17.7 Å². The number of carbonyl (C=O) groups is 2. The van der Waals surface area contributed by atoms with Crippen molar-refractivity contribution in [3.8, 4) is 11.8 Å². The van der Waals surface area contributed by atoms with Crippen LogP contribution in [0.1, 0.15) is 24.2 Å². The number of hydrogen-bond acceptors (Lipinski definition) is 3. The quantitative estimate of drug-likeness (QED) is 0.709. The second-order valence-corrected chi connectivity index (χ2v) is 4.90. The van der Waals surface area contributed by atoms with Gasteiger partial charge in [-0.25, -0.2) is 4.39 Å². The standard InChI is InChI=1S/C15H16ClFN2O3/c1-3-4-7-18-15(22)13(9(2)20)19-14(21)11-8-10(16)5-6-12(11)17/h5-6,8-9,13,20H,7H2,1-2H3,(H,18,22)(H,19,21). The van der Waals surface area contributed by atoms with Crippen LogP contribution in [0.5, 0.6) is 0 Å². The third kappa shape index (κ3) is 5.02. The Balaban J connectivity index is 2.85. The molecule has 0 saturated carbocycles. The molecule has 5 nitrogen and oxygen atoms in total. The lowest BCUT2D eigenvalue weighted by Crippen LogP contribution is -2.52. The van der Waals surface area contributed by atoms with Crippen molar-refractivity contribution in [3.63, 3.8) is 0 Å². The molecule has 0 saturated heterocycles. The molecular formula is C15H16ClFN2O3. The smallest absolute Gasteiger partial charge is 0.255 e. The minimum atomic E-state index is -1.23. The van der Waals surface area contributed by atoms with E-state index in [1.165, 1.54) is 13.0 Å². The van der Waals surface area contributed by atoms with Crippen molar-refractivity contribution in [2.24, 2.45) is 0 Å². The number of aliphatic hydroxyl groups is 1. The summed E-state index contributed by atoms with van der Waals surface area (Å²) in [7, 11) is 0. The summed E-state index contributed by atoms with van der Waals surface area (Å²) < 4.78 is 13.6. The van der Waals surface area contributed by atoms with Crippen molar-refractivity contribution in [1.29, 1.82) is 0 Å². The summed E-state index contributed by atoms with van der Waals surface area (Å²) in [5, 5.41) is 14.5. The number of rotatable bonds is 5. The lowest BCUT2D eigenvalue weighted by atomic mass is 10.1.